The number of aromatic nitrogens is 1. The Morgan fingerprint density at radius 2 is 2.31 bits per heavy atom. The molecule has 5 nitrogen and oxygen atoms in total. The van der Waals surface area contributed by atoms with Crippen LogP contribution in [0.2, 0.25) is 0 Å². The van der Waals surface area contributed by atoms with Gasteiger partial charge in [0, 0.05) is 18.0 Å². The predicted molar refractivity (Wildman–Crippen MR) is 45.7 cm³/mol. The number of rotatable bonds is 3. The maximum atomic E-state index is 10.3. The van der Waals surface area contributed by atoms with Crippen molar-refractivity contribution < 1.29 is 10.0 Å². The molecular formula is C8H10N2O3. The Kier molecular flexibility index (Phi) is 2.92. The molecule has 0 saturated carbocycles. The van der Waals surface area contributed by atoms with Crippen LogP contribution in [0.3, 0.4) is 0 Å². The van der Waals surface area contributed by atoms with Crippen LogP contribution in [0.15, 0.2) is 24.4 Å². The maximum absolute atomic E-state index is 10.3. The van der Waals surface area contributed by atoms with Gasteiger partial charge in [-0.3, -0.25) is 15.1 Å². The van der Waals surface area contributed by atoms with E-state index in [1.165, 1.54) is 13.1 Å². The van der Waals surface area contributed by atoms with E-state index < -0.39 is 17.1 Å². The number of aliphatic hydroxyl groups is 1. The third-order valence-electron chi connectivity index (χ3n) is 1.78. The summed E-state index contributed by atoms with van der Waals surface area (Å²) in [6, 6.07) is 3.89. The summed E-state index contributed by atoms with van der Waals surface area (Å²) in [5, 5.41) is 19.8. The van der Waals surface area contributed by atoms with Crippen LogP contribution in [0.4, 0.5) is 0 Å². The van der Waals surface area contributed by atoms with E-state index in [-0.39, 0.29) is 0 Å². The van der Waals surface area contributed by atoms with Crippen LogP contribution >= 0.6 is 0 Å². The molecular weight excluding hydrogens is 172 g/mol. The summed E-state index contributed by atoms with van der Waals surface area (Å²) in [7, 11) is 0. The van der Waals surface area contributed by atoms with Crippen LogP contribution in [0, 0.1) is 10.1 Å². The quantitative estimate of drug-likeness (QED) is 0.553. The van der Waals surface area contributed by atoms with E-state index in [9.17, 15) is 15.2 Å². The summed E-state index contributed by atoms with van der Waals surface area (Å²) in [5.41, 5.74) is 0.326. The molecule has 1 N–H and O–H groups in total. The van der Waals surface area contributed by atoms with E-state index >= 15 is 0 Å². The second-order valence-corrected chi connectivity index (χ2v) is 2.73. The monoisotopic (exact) mass is 182 g/mol. The van der Waals surface area contributed by atoms with Crippen LogP contribution in [0.1, 0.15) is 18.7 Å². The summed E-state index contributed by atoms with van der Waals surface area (Å²) in [4.78, 5) is 13.6. The van der Waals surface area contributed by atoms with Crippen LogP contribution in [-0.4, -0.2) is 21.1 Å². The highest BCUT2D eigenvalue weighted by Crippen LogP contribution is 2.15. The Labute approximate surface area is 75.2 Å². The highest BCUT2D eigenvalue weighted by atomic mass is 16.6. The molecule has 13 heavy (non-hydrogen) atoms. The molecule has 0 aromatic carbocycles. The highest BCUT2D eigenvalue weighted by molar-refractivity contribution is 5.07. The summed E-state index contributed by atoms with van der Waals surface area (Å²) >= 11 is 0. The maximum Gasteiger partial charge on any atom is 0.241 e. The number of nitro groups is 1. The number of nitrogens with zero attached hydrogens (tertiary/aromatic N) is 2. The minimum Gasteiger partial charge on any atom is -0.380 e. The number of pyridine rings is 1. The van der Waals surface area contributed by atoms with Gasteiger partial charge in [-0.2, -0.15) is 0 Å². The van der Waals surface area contributed by atoms with Gasteiger partial charge in [-0.25, -0.2) is 0 Å². The SMILES string of the molecule is C[C@@H]([C@@H](O)c1ccccn1)[N+](=O)[O-]. The fraction of sp³-hybridized carbons (Fsp3) is 0.375. The fourth-order valence-electron chi connectivity index (χ4n) is 0.913. The fourth-order valence-corrected chi connectivity index (χ4v) is 0.913. The van der Waals surface area contributed by atoms with Crippen molar-refractivity contribution >= 4 is 0 Å². The molecule has 0 aliphatic heterocycles. The summed E-state index contributed by atoms with van der Waals surface area (Å²) in [6.45, 7) is 1.35. The lowest BCUT2D eigenvalue weighted by Crippen LogP contribution is -2.24. The summed E-state index contributed by atoms with van der Waals surface area (Å²) in [5.74, 6) is 0. The van der Waals surface area contributed by atoms with Gasteiger partial charge >= 0.3 is 0 Å². The zero-order valence-electron chi connectivity index (χ0n) is 7.12. The Bertz CT molecular complexity index is 289. The summed E-state index contributed by atoms with van der Waals surface area (Å²) in [6.07, 6.45) is 0.349. The molecule has 0 unspecified atom stereocenters. The lowest BCUT2D eigenvalue weighted by atomic mass is 10.1. The van der Waals surface area contributed by atoms with Gasteiger partial charge in [0.1, 0.15) is 0 Å². The number of hydrogen-bond acceptors (Lipinski definition) is 4. The molecule has 0 radical (unpaired) electrons. The molecule has 70 valence electrons. The van der Waals surface area contributed by atoms with Crippen molar-refractivity contribution in [3.63, 3.8) is 0 Å². The van der Waals surface area contributed by atoms with Gasteiger partial charge in [0.2, 0.25) is 6.04 Å². The van der Waals surface area contributed by atoms with Crippen LogP contribution in [-0.2, 0) is 0 Å². The molecule has 5 heteroatoms. The Balaban J connectivity index is 2.79. The van der Waals surface area contributed by atoms with Crippen LogP contribution in [0.25, 0.3) is 0 Å². The standard InChI is InChI=1S/C8H10N2O3/c1-6(10(12)13)8(11)7-4-2-3-5-9-7/h2-6,8,11H,1H3/t6-,8+/m0/s1. The van der Waals surface area contributed by atoms with Gasteiger partial charge < -0.3 is 5.11 Å². The van der Waals surface area contributed by atoms with Crippen molar-refractivity contribution in [3.8, 4) is 0 Å². The van der Waals surface area contributed by atoms with E-state index in [1.54, 1.807) is 18.2 Å². The molecule has 0 bridgehead atoms. The van der Waals surface area contributed by atoms with Gasteiger partial charge in [0.05, 0.1) is 5.69 Å². The van der Waals surface area contributed by atoms with Crippen molar-refractivity contribution in [1.29, 1.82) is 0 Å². The number of aliphatic hydroxyl groups excluding tert-OH is 1. The van der Waals surface area contributed by atoms with Gasteiger partial charge in [0.25, 0.3) is 0 Å². The van der Waals surface area contributed by atoms with Crippen molar-refractivity contribution in [2.24, 2.45) is 0 Å². The highest BCUT2D eigenvalue weighted by Gasteiger charge is 2.26. The van der Waals surface area contributed by atoms with E-state index in [0.717, 1.165) is 0 Å². The molecule has 0 amide bonds. The van der Waals surface area contributed by atoms with Crippen molar-refractivity contribution in [2.75, 3.05) is 0 Å². The topological polar surface area (TPSA) is 76.3 Å². The van der Waals surface area contributed by atoms with E-state index in [1.807, 2.05) is 0 Å². The van der Waals surface area contributed by atoms with Crippen LogP contribution in [0.5, 0.6) is 0 Å². The first kappa shape index (κ1) is 9.60. The average Bonchev–Trinajstić information content (AvgIpc) is 2.17. The Morgan fingerprint density at radius 1 is 1.62 bits per heavy atom. The molecule has 0 aliphatic rings. The average molecular weight is 182 g/mol. The van der Waals surface area contributed by atoms with E-state index in [0.29, 0.717) is 5.69 Å². The first-order chi connectivity index (χ1) is 6.13. The lowest BCUT2D eigenvalue weighted by molar-refractivity contribution is -0.531. The Morgan fingerprint density at radius 3 is 2.77 bits per heavy atom. The molecule has 0 aliphatic carbocycles. The normalized spacial score (nSPS) is 14.9. The molecule has 0 fully saturated rings. The second kappa shape index (κ2) is 3.95. The summed E-state index contributed by atoms with van der Waals surface area (Å²) < 4.78 is 0. The Hall–Kier alpha value is -1.49. The second-order valence-electron chi connectivity index (χ2n) is 2.73. The van der Waals surface area contributed by atoms with Crippen LogP contribution < -0.4 is 0 Å². The zero-order valence-corrected chi connectivity index (χ0v) is 7.12. The molecule has 2 atom stereocenters. The molecule has 0 spiro atoms. The van der Waals surface area contributed by atoms with Crippen molar-refractivity contribution in [3.05, 3.63) is 40.2 Å². The van der Waals surface area contributed by atoms with Gasteiger partial charge in [-0.05, 0) is 12.1 Å². The van der Waals surface area contributed by atoms with Gasteiger partial charge in [-0.1, -0.05) is 6.07 Å². The molecule has 0 saturated heterocycles. The lowest BCUT2D eigenvalue weighted by Gasteiger charge is -2.10. The third-order valence-corrected chi connectivity index (χ3v) is 1.78. The van der Waals surface area contributed by atoms with Crippen molar-refractivity contribution in [2.45, 2.75) is 19.1 Å². The molecule has 1 aromatic rings. The largest absolute Gasteiger partial charge is 0.380 e. The predicted octanol–water partition coefficient (Wildman–Crippen LogP) is 0.780. The molecule has 1 heterocycles. The minimum absolute atomic E-state index is 0.326. The van der Waals surface area contributed by atoms with Gasteiger partial charge in [0.15, 0.2) is 6.10 Å². The number of hydrogen-bond donors (Lipinski definition) is 1. The first-order valence-electron chi connectivity index (χ1n) is 3.85. The minimum atomic E-state index is -1.14. The third kappa shape index (κ3) is 2.22. The zero-order chi connectivity index (χ0) is 9.84. The molecule has 1 aromatic heterocycles. The first-order valence-corrected chi connectivity index (χ1v) is 3.85. The van der Waals surface area contributed by atoms with E-state index in [4.69, 9.17) is 0 Å². The molecule has 1 rings (SSSR count). The van der Waals surface area contributed by atoms with Gasteiger partial charge in [-0.15, -0.1) is 0 Å². The van der Waals surface area contributed by atoms with Crippen molar-refractivity contribution in [1.82, 2.24) is 4.98 Å². The smallest absolute Gasteiger partial charge is 0.241 e. The van der Waals surface area contributed by atoms with E-state index in [2.05, 4.69) is 4.98 Å².